The predicted octanol–water partition coefficient (Wildman–Crippen LogP) is 3.00. The smallest absolute Gasteiger partial charge is 0.119 e. The molecule has 1 aromatic rings. The molecular formula is C12H17NO. The second kappa shape index (κ2) is 3.91. The average molecular weight is 191 g/mol. The van der Waals surface area contributed by atoms with Crippen molar-refractivity contribution in [1.29, 1.82) is 0 Å². The van der Waals surface area contributed by atoms with Crippen molar-refractivity contribution in [3.63, 3.8) is 0 Å². The van der Waals surface area contributed by atoms with Crippen LogP contribution in [0.2, 0.25) is 0 Å². The van der Waals surface area contributed by atoms with Crippen molar-refractivity contribution in [2.24, 2.45) is 0 Å². The standard InChI is InChI=1S/C12H17NO/c1-3-4-9-8-13-12-6-5-10(14-2)7-11(9)12/h5-7,9,13H,3-4,8H2,1-2H3. The first kappa shape index (κ1) is 9.38. The van der Waals surface area contributed by atoms with Crippen LogP contribution < -0.4 is 10.1 Å². The van der Waals surface area contributed by atoms with Crippen molar-refractivity contribution < 1.29 is 4.74 Å². The number of rotatable bonds is 3. The number of anilines is 1. The van der Waals surface area contributed by atoms with Gasteiger partial charge in [-0.25, -0.2) is 0 Å². The van der Waals surface area contributed by atoms with E-state index in [2.05, 4.69) is 24.4 Å². The molecule has 0 aliphatic carbocycles. The Morgan fingerprint density at radius 1 is 1.50 bits per heavy atom. The number of benzene rings is 1. The fraction of sp³-hybridized carbons (Fsp3) is 0.500. The van der Waals surface area contributed by atoms with Crippen LogP contribution >= 0.6 is 0 Å². The van der Waals surface area contributed by atoms with Crippen molar-refractivity contribution in [3.8, 4) is 5.75 Å². The Bertz CT molecular complexity index is 320. The van der Waals surface area contributed by atoms with Crippen molar-refractivity contribution in [3.05, 3.63) is 23.8 Å². The molecule has 0 fully saturated rings. The quantitative estimate of drug-likeness (QED) is 0.793. The lowest BCUT2D eigenvalue weighted by atomic mass is 9.96. The lowest BCUT2D eigenvalue weighted by Gasteiger charge is -2.09. The molecule has 0 aromatic heterocycles. The third-order valence-electron chi connectivity index (χ3n) is 2.87. The Balaban J connectivity index is 2.27. The van der Waals surface area contributed by atoms with E-state index < -0.39 is 0 Å². The van der Waals surface area contributed by atoms with Gasteiger partial charge in [-0.3, -0.25) is 0 Å². The number of hydrogen-bond acceptors (Lipinski definition) is 2. The summed E-state index contributed by atoms with van der Waals surface area (Å²) in [5.41, 5.74) is 2.70. The van der Waals surface area contributed by atoms with E-state index in [1.807, 2.05) is 6.07 Å². The topological polar surface area (TPSA) is 21.3 Å². The van der Waals surface area contributed by atoms with Crippen molar-refractivity contribution >= 4 is 5.69 Å². The van der Waals surface area contributed by atoms with Crippen LogP contribution in [0.15, 0.2) is 18.2 Å². The molecule has 0 amide bonds. The van der Waals surface area contributed by atoms with Gasteiger partial charge in [0.2, 0.25) is 0 Å². The number of fused-ring (bicyclic) bond motifs is 1. The Morgan fingerprint density at radius 3 is 3.07 bits per heavy atom. The molecule has 0 saturated heterocycles. The van der Waals surface area contributed by atoms with Crippen LogP contribution in [0.25, 0.3) is 0 Å². The molecule has 1 aromatic carbocycles. The summed E-state index contributed by atoms with van der Waals surface area (Å²) >= 11 is 0. The fourth-order valence-electron chi connectivity index (χ4n) is 2.12. The molecule has 2 heteroatoms. The second-order valence-electron chi connectivity index (χ2n) is 3.82. The molecule has 1 aliphatic rings. The summed E-state index contributed by atoms with van der Waals surface area (Å²) in [4.78, 5) is 0. The minimum Gasteiger partial charge on any atom is -0.497 e. The summed E-state index contributed by atoms with van der Waals surface area (Å²) in [5.74, 6) is 1.64. The van der Waals surface area contributed by atoms with Crippen molar-refractivity contribution in [2.75, 3.05) is 19.0 Å². The minimum atomic E-state index is 0.671. The summed E-state index contributed by atoms with van der Waals surface area (Å²) in [5, 5.41) is 3.43. The highest BCUT2D eigenvalue weighted by Crippen LogP contribution is 2.36. The zero-order chi connectivity index (χ0) is 9.97. The van der Waals surface area contributed by atoms with Gasteiger partial charge in [0.25, 0.3) is 0 Å². The lowest BCUT2D eigenvalue weighted by molar-refractivity contribution is 0.414. The Hall–Kier alpha value is -1.18. The van der Waals surface area contributed by atoms with Crippen molar-refractivity contribution in [1.82, 2.24) is 0 Å². The highest BCUT2D eigenvalue weighted by molar-refractivity contribution is 5.60. The summed E-state index contributed by atoms with van der Waals surface area (Å²) in [6.07, 6.45) is 2.50. The Labute approximate surface area is 85.3 Å². The maximum absolute atomic E-state index is 5.24. The van der Waals surface area contributed by atoms with E-state index in [4.69, 9.17) is 4.74 Å². The number of ether oxygens (including phenoxy) is 1. The molecule has 14 heavy (non-hydrogen) atoms. The largest absolute Gasteiger partial charge is 0.497 e. The molecule has 0 spiro atoms. The molecule has 0 saturated carbocycles. The highest BCUT2D eigenvalue weighted by atomic mass is 16.5. The SMILES string of the molecule is CCCC1CNc2ccc(OC)cc21. The summed E-state index contributed by atoms with van der Waals surface area (Å²) in [6, 6.07) is 6.29. The van der Waals surface area contributed by atoms with Gasteiger partial charge >= 0.3 is 0 Å². The molecule has 1 unspecified atom stereocenters. The van der Waals surface area contributed by atoms with Crippen LogP contribution in [-0.2, 0) is 0 Å². The van der Waals surface area contributed by atoms with Gasteiger partial charge in [-0.2, -0.15) is 0 Å². The molecule has 76 valence electrons. The van der Waals surface area contributed by atoms with Crippen LogP contribution in [0, 0.1) is 0 Å². The van der Waals surface area contributed by atoms with Gasteiger partial charge < -0.3 is 10.1 Å². The van der Waals surface area contributed by atoms with Crippen LogP contribution in [0.4, 0.5) is 5.69 Å². The predicted molar refractivity (Wildman–Crippen MR) is 59.1 cm³/mol. The van der Waals surface area contributed by atoms with Gasteiger partial charge in [0.15, 0.2) is 0 Å². The monoisotopic (exact) mass is 191 g/mol. The highest BCUT2D eigenvalue weighted by Gasteiger charge is 2.21. The summed E-state index contributed by atoms with van der Waals surface area (Å²) < 4.78 is 5.24. The van der Waals surface area contributed by atoms with Crippen LogP contribution in [-0.4, -0.2) is 13.7 Å². The van der Waals surface area contributed by atoms with Crippen LogP contribution in [0.3, 0.4) is 0 Å². The zero-order valence-electron chi connectivity index (χ0n) is 8.84. The molecule has 2 nitrogen and oxygen atoms in total. The maximum Gasteiger partial charge on any atom is 0.119 e. The van der Waals surface area contributed by atoms with Gasteiger partial charge in [0, 0.05) is 18.2 Å². The van der Waals surface area contributed by atoms with Crippen molar-refractivity contribution in [2.45, 2.75) is 25.7 Å². The first-order valence-corrected chi connectivity index (χ1v) is 5.27. The Morgan fingerprint density at radius 2 is 2.36 bits per heavy atom. The van der Waals surface area contributed by atoms with E-state index in [1.54, 1.807) is 7.11 Å². The van der Waals surface area contributed by atoms with E-state index >= 15 is 0 Å². The first-order valence-electron chi connectivity index (χ1n) is 5.27. The van der Waals surface area contributed by atoms with E-state index in [0.29, 0.717) is 5.92 Å². The van der Waals surface area contributed by atoms with Gasteiger partial charge in [-0.05, 0) is 30.2 Å². The van der Waals surface area contributed by atoms with Gasteiger partial charge in [-0.1, -0.05) is 13.3 Å². The third-order valence-corrected chi connectivity index (χ3v) is 2.87. The third kappa shape index (κ3) is 1.57. The fourth-order valence-corrected chi connectivity index (χ4v) is 2.12. The summed E-state index contributed by atoms with van der Waals surface area (Å²) in [7, 11) is 1.72. The molecule has 1 N–H and O–H groups in total. The van der Waals surface area contributed by atoms with Crippen LogP contribution in [0.5, 0.6) is 5.75 Å². The van der Waals surface area contributed by atoms with E-state index in [0.717, 1.165) is 12.3 Å². The molecule has 1 atom stereocenters. The van der Waals surface area contributed by atoms with E-state index in [-0.39, 0.29) is 0 Å². The molecule has 1 heterocycles. The molecule has 0 bridgehead atoms. The average Bonchev–Trinajstić information content (AvgIpc) is 2.61. The first-order chi connectivity index (χ1) is 6.85. The molecule has 2 rings (SSSR count). The van der Waals surface area contributed by atoms with Gasteiger partial charge in [0.05, 0.1) is 7.11 Å². The molecular weight excluding hydrogens is 174 g/mol. The van der Waals surface area contributed by atoms with E-state index in [9.17, 15) is 0 Å². The number of hydrogen-bond donors (Lipinski definition) is 1. The van der Waals surface area contributed by atoms with Crippen LogP contribution in [0.1, 0.15) is 31.2 Å². The zero-order valence-corrected chi connectivity index (χ0v) is 8.84. The Kier molecular flexibility index (Phi) is 2.62. The number of nitrogens with one attached hydrogen (secondary N) is 1. The summed E-state index contributed by atoms with van der Waals surface area (Å²) in [6.45, 7) is 3.31. The number of methoxy groups -OCH3 is 1. The lowest BCUT2D eigenvalue weighted by Crippen LogP contribution is -2.00. The molecule has 1 aliphatic heterocycles. The molecule has 0 radical (unpaired) electrons. The normalized spacial score (nSPS) is 18.9. The maximum atomic E-state index is 5.24. The van der Waals surface area contributed by atoms with Gasteiger partial charge in [0.1, 0.15) is 5.75 Å². The van der Waals surface area contributed by atoms with Gasteiger partial charge in [-0.15, -0.1) is 0 Å². The van der Waals surface area contributed by atoms with E-state index in [1.165, 1.54) is 24.1 Å². The minimum absolute atomic E-state index is 0.671. The second-order valence-corrected chi connectivity index (χ2v) is 3.82.